The van der Waals surface area contributed by atoms with Crippen LogP contribution in [0.15, 0.2) is 60.9 Å². The second-order valence-electron chi connectivity index (χ2n) is 7.94. The van der Waals surface area contributed by atoms with E-state index in [2.05, 4.69) is 40.6 Å². The molecule has 1 heterocycles. The minimum Gasteiger partial charge on any atom is -0.493 e. The predicted molar refractivity (Wildman–Crippen MR) is 116 cm³/mol. The van der Waals surface area contributed by atoms with E-state index in [4.69, 9.17) is 4.74 Å². The molecule has 4 rings (SSSR count). The summed E-state index contributed by atoms with van der Waals surface area (Å²) >= 11 is 0. The summed E-state index contributed by atoms with van der Waals surface area (Å²) in [6.07, 6.45) is 7.88. The Labute approximate surface area is 176 Å². The number of hydrogen-bond acceptors (Lipinski definition) is 2. The van der Waals surface area contributed by atoms with Crippen LogP contribution in [0.1, 0.15) is 47.5 Å². The van der Waals surface area contributed by atoms with Gasteiger partial charge in [0.25, 0.3) is 5.91 Å². The lowest BCUT2D eigenvalue weighted by molar-refractivity contribution is 0.0943. The molecular formula is C25H27FN2O2. The molecule has 4 nitrogen and oxygen atoms in total. The summed E-state index contributed by atoms with van der Waals surface area (Å²) in [5.74, 6) is 0.653. The van der Waals surface area contributed by atoms with Gasteiger partial charge in [-0.2, -0.15) is 0 Å². The third-order valence-electron chi connectivity index (χ3n) is 6.12. The van der Waals surface area contributed by atoms with Gasteiger partial charge in [0.2, 0.25) is 0 Å². The van der Waals surface area contributed by atoms with E-state index in [1.165, 1.54) is 18.7 Å². The van der Waals surface area contributed by atoms with Crippen molar-refractivity contribution in [3.63, 3.8) is 0 Å². The van der Waals surface area contributed by atoms with Crippen LogP contribution >= 0.6 is 0 Å². The van der Waals surface area contributed by atoms with Crippen molar-refractivity contribution in [3.05, 3.63) is 77.9 Å². The summed E-state index contributed by atoms with van der Waals surface area (Å²) in [5, 5.41) is 3.08. The number of methoxy groups -OCH3 is 1. The number of para-hydroxylation sites is 1. The molecular weight excluding hydrogens is 379 g/mol. The molecule has 1 aliphatic rings. The maximum absolute atomic E-state index is 14.1. The first-order valence-electron chi connectivity index (χ1n) is 10.5. The van der Waals surface area contributed by atoms with Gasteiger partial charge in [-0.15, -0.1) is 0 Å². The molecule has 0 atom stereocenters. The summed E-state index contributed by atoms with van der Waals surface area (Å²) in [6.45, 7) is 0.658. The molecule has 0 saturated heterocycles. The number of rotatable bonds is 6. The Hall–Kier alpha value is -3.08. The number of ether oxygens (including phenoxy) is 1. The monoisotopic (exact) mass is 406 g/mol. The number of halogens is 1. The second-order valence-corrected chi connectivity index (χ2v) is 7.94. The normalized spacial score (nSPS) is 18.7. The Balaban J connectivity index is 1.37. The molecule has 5 heteroatoms. The fourth-order valence-corrected chi connectivity index (χ4v) is 4.46. The summed E-state index contributed by atoms with van der Waals surface area (Å²) < 4.78 is 19.3. The van der Waals surface area contributed by atoms with Crippen LogP contribution in [0.25, 0.3) is 11.1 Å². The van der Waals surface area contributed by atoms with E-state index in [-0.39, 0.29) is 11.7 Å². The number of carbonyl (C=O) groups excluding carboxylic acids is 1. The maximum Gasteiger partial charge on any atom is 0.253 e. The second kappa shape index (κ2) is 9.16. The quantitative estimate of drug-likeness (QED) is 0.565. The first-order chi connectivity index (χ1) is 14.7. The molecule has 2 N–H and O–H groups in total. The summed E-state index contributed by atoms with van der Waals surface area (Å²) in [4.78, 5) is 15.8. The molecule has 0 aliphatic heterocycles. The highest BCUT2D eigenvalue weighted by Gasteiger charge is 2.24. The van der Waals surface area contributed by atoms with Gasteiger partial charge in [0.1, 0.15) is 0 Å². The number of carbonyl (C=O) groups is 1. The van der Waals surface area contributed by atoms with Gasteiger partial charge in [-0.25, -0.2) is 4.39 Å². The van der Waals surface area contributed by atoms with Crippen molar-refractivity contribution in [2.75, 3.05) is 13.7 Å². The molecule has 0 unspecified atom stereocenters. The lowest BCUT2D eigenvalue weighted by Crippen LogP contribution is -2.31. The molecule has 1 aliphatic carbocycles. The molecule has 1 aromatic heterocycles. The fraction of sp³-hybridized carbons (Fsp3) is 0.320. The summed E-state index contributed by atoms with van der Waals surface area (Å²) in [6, 6.07) is 15.4. The molecule has 0 radical (unpaired) electrons. The summed E-state index contributed by atoms with van der Waals surface area (Å²) in [5.41, 5.74) is 3.11. The van der Waals surface area contributed by atoms with Crippen LogP contribution < -0.4 is 10.1 Å². The van der Waals surface area contributed by atoms with Gasteiger partial charge in [-0.3, -0.25) is 4.79 Å². The Kier molecular flexibility index (Phi) is 6.17. The van der Waals surface area contributed by atoms with Gasteiger partial charge in [-0.1, -0.05) is 42.5 Å². The number of nitrogens with one attached hydrogen (secondary N) is 2. The molecule has 3 aromatic rings. The van der Waals surface area contributed by atoms with Gasteiger partial charge in [-0.05, 0) is 49.1 Å². The first kappa shape index (κ1) is 20.2. The van der Waals surface area contributed by atoms with Gasteiger partial charge in [0, 0.05) is 30.1 Å². The van der Waals surface area contributed by atoms with Crippen molar-refractivity contribution in [2.45, 2.75) is 31.6 Å². The van der Waals surface area contributed by atoms with Gasteiger partial charge in [0.05, 0.1) is 12.7 Å². The molecule has 0 spiro atoms. The number of hydrogen-bond donors (Lipinski definition) is 2. The van der Waals surface area contributed by atoms with Crippen LogP contribution in [0.5, 0.6) is 5.75 Å². The van der Waals surface area contributed by atoms with Crippen LogP contribution in [-0.4, -0.2) is 24.5 Å². The fourth-order valence-electron chi connectivity index (χ4n) is 4.46. The molecule has 1 fully saturated rings. The zero-order valence-corrected chi connectivity index (χ0v) is 17.2. The van der Waals surface area contributed by atoms with E-state index in [0.717, 1.165) is 25.7 Å². The highest BCUT2D eigenvalue weighted by Crippen LogP contribution is 2.36. The lowest BCUT2D eigenvalue weighted by Gasteiger charge is -2.29. The summed E-state index contributed by atoms with van der Waals surface area (Å²) in [7, 11) is 1.43. The minimum absolute atomic E-state index is 0.144. The molecule has 2 aromatic carbocycles. The number of amides is 1. The topological polar surface area (TPSA) is 54.1 Å². The molecule has 30 heavy (non-hydrogen) atoms. The van der Waals surface area contributed by atoms with Gasteiger partial charge >= 0.3 is 0 Å². The Morgan fingerprint density at radius 3 is 2.53 bits per heavy atom. The first-order valence-corrected chi connectivity index (χ1v) is 10.5. The van der Waals surface area contributed by atoms with Gasteiger partial charge in [0.15, 0.2) is 11.6 Å². The van der Waals surface area contributed by atoms with Crippen molar-refractivity contribution < 1.29 is 13.9 Å². The van der Waals surface area contributed by atoms with Crippen LogP contribution in [0, 0.1) is 11.7 Å². The third-order valence-corrected chi connectivity index (χ3v) is 6.12. The smallest absolute Gasteiger partial charge is 0.253 e. The van der Waals surface area contributed by atoms with E-state index >= 15 is 0 Å². The third kappa shape index (κ3) is 4.25. The van der Waals surface area contributed by atoms with Crippen molar-refractivity contribution in [1.29, 1.82) is 0 Å². The highest BCUT2D eigenvalue weighted by atomic mass is 19.1. The van der Waals surface area contributed by atoms with Crippen LogP contribution in [-0.2, 0) is 0 Å². The van der Waals surface area contributed by atoms with E-state index in [9.17, 15) is 9.18 Å². The van der Waals surface area contributed by atoms with E-state index < -0.39 is 5.82 Å². The molecule has 156 valence electrons. The van der Waals surface area contributed by atoms with Crippen LogP contribution in [0.3, 0.4) is 0 Å². The number of H-pyrrole nitrogens is 1. The zero-order chi connectivity index (χ0) is 20.9. The Morgan fingerprint density at radius 2 is 1.80 bits per heavy atom. The van der Waals surface area contributed by atoms with Gasteiger partial charge < -0.3 is 15.0 Å². The minimum atomic E-state index is -0.447. The SMILES string of the molecule is COc1c(F)cccc1-c1c[nH]cc1C(=O)NCC1CCC(c2ccccc2)CC1. The average molecular weight is 407 g/mol. The van der Waals surface area contributed by atoms with E-state index in [1.807, 2.05) is 0 Å². The van der Waals surface area contributed by atoms with Crippen LogP contribution in [0.4, 0.5) is 4.39 Å². The van der Waals surface area contributed by atoms with Crippen molar-refractivity contribution >= 4 is 5.91 Å². The standard InChI is InChI=1S/C25H27FN2O2/c1-30-24-20(8-5-9-23(24)26)21-15-27-16-22(21)25(29)28-14-17-10-12-19(13-11-17)18-6-3-2-4-7-18/h2-9,15-17,19,27H,10-14H2,1H3,(H,28,29). The number of benzene rings is 2. The number of aromatic amines is 1. The number of aromatic nitrogens is 1. The van der Waals surface area contributed by atoms with Crippen molar-refractivity contribution in [1.82, 2.24) is 10.3 Å². The zero-order valence-electron chi connectivity index (χ0n) is 17.2. The highest BCUT2D eigenvalue weighted by molar-refractivity contribution is 6.01. The Bertz CT molecular complexity index is 991. The predicted octanol–water partition coefficient (Wildman–Crippen LogP) is 5.53. The van der Waals surface area contributed by atoms with E-state index in [0.29, 0.717) is 35.1 Å². The van der Waals surface area contributed by atoms with Crippen LogP contribution in [0.2, 0.25) is 0 Å². The van der Waals surface area contributed by atoms with E-state index in [1.54, 1.807) is 24.5 Å². The molecule has 1 saturated carbocycles. The lowest BCUT2D eigenvalue weighted by atomic mass is 9.78. The molecule has 0 bridgehead atoms. The Morgan fingerprint density at radius 1 is 1.03 bits per heavy atom. The molecule has 1 amide bonds. The average Bonchev–Trinajstić information content (AvgIpc) is 3.28. The van der Waals surface area contributed by atoms with Crippen molar-refractivity contribution in [3.8, 4) is 16.9 Å². The maximum atomic E-state index is 14.1. The largest absolute Gasteiger partial charge is 0.493 e. The van der Waals surface area contributed by atoms with Crippen molar-refractivity contribution in [2.24, 2.45) is 5.92 Å².